The molecule has 3 heterocycles. The van der Waals surface area contributed by atoms with Crippen LogP contribution in [0.2, 0.25) is 5.02 Å². The number of ether oxygens (including phenoxy) is 2. The Kier molecular flexibility index (Phi) is 8.59. The van der Waals surface area contributed by atoms with Crippen LogP contribution >= 0.6 is 27.5 Å². The van der Waals surface area contributed by atoms with Crippen molar-refractivity contribution >= 4 is 43.6 Å². The molecule has 4 aromatic rings. The summed E-state index contributed by atoms with van der Waals surface area (Å²) in [6.45, 7) is 0.255. The minimum absolute atomic E-state index is 0.0261. The smallest absolute Gasteiger partial charge is 0.316 e. The second kappa shape index (κ2) is 12.0. The monoisotopic (exact) mass is 591 g/mol. The number of nitrogens with zero attached hydrogens (tertiary/aromatic N) is 5. The van der Waals surface area contributed by atoms with Crippen LogP contribution in [-0.2, 0) is 16.8 Å². The largest absolute Gasteiger partial charge is 0.473 e. The summed E-state index contributed by atoms with van der Waals surface area (Å²) in [5, 5.41) is 0.515. The van der Waals surface area contributed by atoms with Crippen molar-refractivity contribution in [2.24, 2.45) is 0 Å². The molecule has 14 heteroatoms. The van der Waals surface area contributed by atoms with Crippen LogP contribution in [0.25, 0.3) is 11.1 Å². The van der Waals surface area contributed by atoms with Crippen LogP contribution in [0.3, 0.4) is 0 Å². The van der Waals surface area contributed by atoms with Gasteiger partial charge in [-0.05, 0) is 45.3 Å². The second-order valence-electron chi connectivity index (χ2n) is 7.08. The molecule has 0 saturated heterocycles. The van der Waals surface area contributed by atoms with Gasteiger partial charge in [0.2, 0.25) is 5.88 Å². The van der Waals surface area contributed by atoms with E-state index in [-0.39, 0.29) is 37.5 Å². The molecule has 0 fully saturated rings. The van der Waals surface area contributed by atoms with Crippen molar-refractivity contribution in [2.75, 3.05) is 17.9 Å². The van der Waals surface area contributed by atoms with Crippen molar-refractivity contribution < 1.29 is 17.9 Å². The van der Waals surface area contributed by atoms with Crippen molar-refractivity contribution in [3.8, 4) is 23.0 Å². The predicted molar refractivity (Wildman–Crippen MR) is 137 cm³/mol. The van der Waals surface area contributed by atoms with Crippen molar-refractivity contribution in [1.29, 1.82) is 0 Å². The van der Waals surface area contributed by atoms with E-state index in [0.717, 1.165) is 4.47 Å². The van der Waals surface area contributed by atoms with Crippen molar-refractivity contribution in [1.82, 2.24) is 29.6 Å². The first-order valence-electron chi connectivity index (χ1n) is 10.4. The first kappa shape index (κ1) is 25.7. The molecule has 1 aromatic carbocycles. The molecule has 0 bridgehead atoms. The van der Waals surface area contributed by atoms with E-state index >= 15 is 0 Å². The first-order valence-corrected chi connectivity index (χ1v) is 13.1. The Balaban J connectivity index is 1.52. The zero-order valence-corrected chi connectivity index (χ0v) is 21.7. The average Bonchev–Trinajstić information content (AvgIpc) is 2.88. The van der Waals surface area contributed by atoms with Gasteiger partial charge in [-0.25, -0.2) is 19.9 Å². The maximum absolute atomic E-state index is 12.8. The summed E-state index contributed by atoms with van der Waals surface area (Å²) in [7, 11) is -4.00. The van der Waals surface area contributed by atoms with E-state index in [9.17, 15) is 8.42 Å². The van der Waals surface area contributed by atoms with Gasteiger partial charge >= 0.3 is 16.2 Å². The summed E-state index contributed by atoms with van der Waals surface area (Å²) < 4.78 is 42.5. The van der Waals surface area contributed by atoms with E-state index in [1.54, 1.807) is 61.2 Å². The van der Waals surface area contributed by atoms with Crippen LogP contribution in [-0.4, -0.2) is 46.6 Å². The molecule has 0 atom stereocenters. The Hall–Kier alpha value is -3.39. The van der Waals surface area contributed by atoms with Gasteiger partial charge in [-0.2, -0.15) is 13.1 Å². The highest BCUT2D eigenvalue weighted by atomic mass is 79.9. The minimum Gasteiger partial charge on any atom is -0.473 e. The van der Waals surface area contributed by atoms with E-state index < -0.39 is 10.2 Å². The van der Waals surface area contributed by atoms with E-state index in [4.69, 9.17) is 21.1 Å². The summed E-state index contributed by atoms with van der Waals surface area (Å²) in [4.78, 5) is 20.4. The van der Waals surface area contributed by atoms with Gasteiger partial charge in [0.15, 0.2) is 5.82 Å². The maximum atomic E-state index is 12.8. The van der Waals surface area contributed by atoms with Crippen LogP contribution in [0.1, 0.15) is 5.56 Å². The number of nitrogens with one attached hydrogen (secondary N) is 2. The number of aromatic nitrogens is 5. The first-order chi connectivity index (χ1) is 17.4. The van der Waals surface area contributed by atoms with Crippen molar-refractivity contribution in [3.63, 3.8) is 0 Å². The molecule has 4 rings (SSSR count). The Morgan fingerprint density at radius 1 is 0.944 bits per heavy atom. The number of rotatable bonds is 11. The zero-order valence-electron chi connectivity index (χ0n) is 18.5. The average molecular weight is 593 g/mol. The summed E-state index contributed by atoms with van der Waals surface area (Å²) in [5.74, 6) is 0.177. The van der Waals surface area contributed by atoms with Gasteiger partial charge in [0.05, 0.1) is 10.0 Å². The fourth-order valence-corrected chi connectivity index (χ4v) is 4.09. The van der Waals surface area contributed by atoms with E-state index in [1.807, 2.05) is 0 Å². The summed E-state index contributed by atoms with van der Waals surface area (Å²) >= 11 is 9.29. The van der Waals surface area contributed by atoms with Crippen LogP contribution in [0.15, 0.2) is 72.0 Å². The number of hydrogen-bond acceptors (Lipinski definition) is 9. The molecular formula is C22H19BrClN7O4S. The van der Waals surface area contributed by atoms with Crippen molar-refractivity contribution in [2.45, 2.75) is 6.54 Å². The molecule has 186 valence electrons. The Labute approximate surface area is 220 Å². The lowest BCUT2D eigenvalue weighted by molar-refractivity contribution is 0.202. The molecular weight excluding hydrogens is 574 g/mol. The Morgan fingerprint density at radius 3 is 2.42 bits per heavy atom. The van der Waals surface area contributed by atoms with Gasteiger partial charge in [0.1, 0.15) is 19.5 Å². The molecule has 0 amide bonds. The van der Waals surface area contributed by atoms with Gasteiger partial charge in [-0.15, -0.1) is 0 Å². The number of anilines is 1. The zero-order chi connectivity index (χ0) is 25.4. The van der Waals surface area contributed by atoms with Crippen molar-refractivity contribution in [3.05, 3.63) is 82.6 Å². The van der Waals surface area contributed by atoms with Crippen LogP contribution < -0.4 is 18.9 Å². The third kappa shape index (κ3) is 7.31. The molecule has 0 saturated carbocycles. The molecule has 11 nitrogen and oxygen atoms in total. The summed E-state index contributed by atoms with van der Waals surface area (Å²) in [6.07, 6.45) is 7.50. The molecule has 0 aliphatic heterocycles. The predicted octanol–water partition coefficient (Wildman–Crippen LogP) is 3.65. The number of benzene rings is 1. The van der Waals surface area contributed by atoms with Crippen LogP contribution in [0.4, 0.5) is 5.82 Å². The molecule has 0 radical (unpaired) electrons. The summed E-state index contributed by atoms with van der Waals surface area (Å²) in [5.41, 5.74) is 1.63. The lowest BCUT2D eigenvalue weighted by Crippen LogP contribution is -2.30. The number of hydrogen-bond donors (Lipinski definition) is 2. The normalized spacial score (nSPS) is 11.2. The highest BCUT2D eigenvalue weighted by molar-refractivity contribution is 9.10. The molecule has 0 aliphatic rings. The van der Waals surface area contributed by atoms with E-state index in [2.05, 4.69) is 50.3 Å². The SMILES string of the molecule is O=S(=O)(NCc1cccnc1)Nc1ncnc(OCCOc2ncc(Br)cn2)c1-c1ccc(Cl)cc1. The topological polar surface area (TPSA) is 141 Å². The van der Waals surface area contributed by atoms with Gasteiger partial charge < -0.3 is 9.47 Å². The lowest BCUT2D eigenvalue weighted by Gasteiger charge is -2.16. The molecule has 36 heavy (non-hydrogen) atoms. The summed E-state index contributed by atoms with van der Waals surface area (Å²) in [6, 6.07) is 10.4. The maximum Gasteiger partial charge on any atom is 0.316 e. The quantitative estimate of drug-likeness (QED) is 0.250. The molecule has 3 aromatic heterocycles. The highest BCUT2D eigenvalue weighted by Crippen LogP contribution is 2.34. The number of halogens is 2. The van der Waals surface area contributed by atoms with Gasteiger partial charge in [0.25, 0.3) is 0 Å². The third-order valence-corrected chi connectivity index (χ3v) is 6.16. The Morgan fingerprint density at radius 2 is 1.69 bits per heavy atom. The van der Waals surface area contributed by atoms with Crippen LogP contribution in [0.5, 0.6) is 11.9 Å². The highest BCUT2D eigenvalue weighted by Gasteiger charge is 2.20. The lowest BCUT2D eigenvalue weighted by atomic mass is 10.1. The fourth-order valence-electron chi connectivity index (χ4n) is 2.92. The molecule has 0 spiro atoms. The Bertz CT molecular complexity index is 1400. The molecule has 0 unspecified atom stereocenters. The van der Waals surface area contributed by atoms with E-state index in [1.165, 1.54) is 6.33 Å². The standard InChI is InChI=1S/C22H19BrClN7O4S/c23-17-12-26-22(27-13-17)35-9-8-34-21-19(16-3-5-18(24)6-4-16)20(28-14-29-21)31-36(32,33)30-11-15-2-1-7-25-10-15/h1-7,10,12-14,30H,8-9,11H2,(H,28,29,31). The second-order valence-corrected chi connectivity index (χ2v) is 9.93. The molecule has 2 N–H and O–H groups in total. The van der Waals surface area contributed by atoms with Gasteiger partial charge in [0, 0.05) is 36.4 Å². The van der Waals surface area contributed by atoms with E-state index in [0.29, 0.717) is 21.7 Å². The number of pyridine rings is 1. The fraction of sp³-hybridized carbons (Fsp3) is 0.136. The molecule has 0 aliphatic carbocycles. The minimum atomic E-state index is -4.00. The van der Waals surface area contributed by atoms with Crippen LogP contribution in [0, 0.1) is 0 Å². The third-order valence-electron chi connectivity index (χ3n) is 4.52. The van der Waals surface area contributed by atoms with Gasteiger partial charge in [-0.1, -0.05) is 29.8 Å². The van der Waals surface area contributed by atoms with Gasteiger partial charge in [-0.3, -0.25) is 9.71 Å².